The minimum Gasteiger partial charge on any atom is -0.338 e. The average molecular weight is 367 g/mol. The minimum atomic E-state index is -0.453. The number of hydrogen-bond acceptors (Lipinski definition) is 4. The largest absolute Gasteiger partial charge is 0.338 e. The van der Waals surface area contributed by atoms with Gasteiger partial charge in [-0.1, -0.05) is 24.3 Å². The van der Waals surface area contributed by atoms with Crippen molar-refractivity contribution in [2.45, 2.75) is 26.4 Å². The van der Waals surface area contributed by atoms with Crippen LogP contribution in [0, 0.1) is 17.0 Å². The Bertz CT molecular complexity index is 967. The van der Waals surface area contributed by atoms with Crippen molar-refractivity contribution < 1.29 is 9.72 Å². The van der Waals surface area contributed by atoms with Gasteiger partial charge in [0.25, 0.3) is 5.69 Å². The number of carbonyl (C=O) groups excluding carboxylic acids is 1. The molecule has 2 amide bonds. The number of urea groups is 1. The van der Waals surface area contributed by atoms with Gasteiger partial charge in [0.15, 0.2) is 0 Å². The Morgan fingerprint density at radius 1 is 1.19 bits per heavy atom. The molecule has 0 aliphatic carbocycles. The number of benzene rings is 2. The first-order valence-corrected chi connectivity index (χ1v) is 8.71. The number of amides is 2. The van der Waals surface area contributed by atoms with Gasteiger partial charge < -0.3 is 15.2 Å². The van der Waals surface area contributed by atoms with Gasteiger partial charge in [0.05, 0.1) is 16.0 Å². The topological polar surface area (TPSA) is 102 Å². The maximum atomic E-state index is 11.9. The Kier molecular flexibility index (Phi) is 5.65. The number of imidazole rings is 1. The fourth-order valence-electron chi connectivity index (χ4n) is 2.94. The smallest absolute Gasteiger partial charge is 0.315 e. The molecule has 0 saturated heterocycles. The fraction of sp³-hybridized carbons (Fsp3) is 0.263. The van der Waals surface area contributed by atoms with E-state index in [1.807, 2.05) is 31.2 Å². The van der Waals surface area contributed by atoms with E-state index in [2.05, 4.69) is 20.2 Å². The summed E-state index contributed by atoms with van der Waals surface area (Å²) in [5.41, 5.74) is 2.75. The highest BCUT2D eigenvalue weighted by atomic mass is 16.6. The molecule has 0 spiro atoms. The van der Waals surface area contributed by atoms with E-state index in [0.29, 0.717) is 12.1 Å². The molecule has 0 radical (unpaired) electrons. The molecular weight excluding hydrogens is 346 g/mol. The highest BCUT2D eigenvalue weighted by Crippen LogP contribution is 2.15. The predicted molar refractivity (Wildman–Crippen MR) is 102 cm³/mol. The molecule has 0 bridgehead atoms. The summed E-state index contributed by atoms with van der Waals surface area (Å²) < 4.78 is 2.14. The molecule has 8 nitrogen and oxygen atoms in total. The molecule has 0 aliphatic rings. The SMILES string of the molecule is Cc1nc2ccccc2n1CCCNC(=O)NCc1cccc([N+](=O)[O-])c1. The molecule has 3 aromatic rings. The van der Waals surface area contributed by atoms with Crippen molar-refractivity contribution in [2.75, 3.05) is 6.54 Å². The monoisotopic (exact) mass is 367 g/mol. The summed E-state index contributed by atoms with van der Waals surface area (Å²) in [6, 6.07) is 13.9. The molecule has 8 heteroatoms. The molecule has 0 fully saturated rings. The number of nitrogens with one attached hydrogen (secondary N) is 2. The van der Waals surface area contributed by atoms with Crippen molar-refractivity contribution >= 4 is 22.8 Å². The Morgan fingerprint density at radius 3 is 2.81 bits per heavy atom. The number of fused-ring (bicyclic) bond motifs is 1. The van der Waals surface area contributed by atoms with E-state index >= 15 is 0 Å². The average Bonchev–Trinajstić information content (AvgIpc) is 2.99. The molecule has 140 valence electrons. The van der Waals surface area contributed by atoms with Crippen molar-refractivity contribution in [3.63, 3.8) is 0 Å². The van der Waals surface area contributed by atoms with Crippen LogP contribution in [0.2, 0.25) is 0 Å². The first-order chi connectivity index (χ1) is 13.0. The molecule has 0 unspecified atom stereocenters. The van der Waals surface area contributed by atoms with Crippen LogP contribution in [0.3, 0.4) is 0 Å². The molecular formula is C19H21N5O3. The first-order valence-electron chi connectivity index (χ1n) is 8.71. The lowest BCUT2D eigenvalue weighted by molar-refractivity contribution is -0.384. The number of para-hydroxylation sites is 2. The lowest BCUT2D eigenvalue weighted by Crippen LogP contribution is -2.35. The van der Waals surface area contributed by atoms with E-state index in [9.17, 15) is 14.9 Å². The third-order valence-corrected chi connectivity index (χ3v) is 4.26. The van der Waals surface area contributed by atoms with Crippen LogP contribution in [-0.4, -0.2) is 27.1 Å². The summed E-state index contributed by atoms with van der Waals surface area (Å²) >= 11 is 0. The summed E-state index contributed by atoms with van der Waals surface area (Å²) in [7, 11) is 0. The van der Waals surface area contributed by atoms with Gasteiger partial charge in [0, 0.05) is 31.8 Å². The zero-order chi connectivity index (χ0) is 19.2. The Labute approximate surface area is 156 Å². The van der Waals surface area contributed by atoms with Gasteiger partial charge in [0.1, 0.15) is 5.82 Å². The standard InChI is InChI=1S/C19H21N5O3/c1-14-22-17-8-2-3-9-18(17)23(14)11-5-10-20-19(25)21-13-15-6-4-7-16(12-15)24(26)27/h2-4,6-9,12H,5,10-11,13H2,1H3,(H2,20,21,25). The molecule has 27 heavy (non-hydrogen) atoms. The first kappa shape index (κ1) is 18.4. The lowest BCUT2D eigenvalue weighted by Gasteiger charge is -2.09. The fourth-order valence-corrected chi connectivity index (χ4v) is 2.94. The zero-order valence-electron chi connectivity index (χ0n) is 15.0. The van der Waals surface area contributed by atoms with Gasteiger partial charge in [-0.15, -0.1) is 0 Å². The van der Waals surface area contributed by atoms with Crippen LogP contribution in [0.15, 0.2) is 48.5 Å². The molecule has 1 aromatic heterocycles. The second-order valence-corrected chi connectivity index (χ2v) is 6.19. The van der Waals surface area contributed by atoms with E-state index in [-0.39, 0.29) is 18.3 Å². The predicted octanol–water partition coefficient (Wildman–Crippen LogP) is 3.14. The number of aromatic nitrogens is 2. The normalized spacial score (nSPS) is 10.7. The molecule has 0 saturated carbocycles. The summed E-state index contributed by atoms with van der Waals surface area (Å²) in [5, 5.41) is 16.3. The summed E-state index contributed by atoms with van der Waals surface area (Å²) in [5.74, 6) is 0.950. The second-order valence-electron chi connectivity index (χ2n) is 6.19. The van der Waals surface area contributed by atoms with Crippen LogP contribution < -0.4 is 10.6 Å². The van der Waals surface area contributed by atoms with Gasteiger partial charge in [0.2, 0.25) is 0 Å². The number of hydrogen-bond donors (Lipinski definition) is 2. The number of carbonyl (C=O) groups is 1. The van der Waals surface area contributed by atoms with Gasteiger partial charge in [-0.3, -0.25) is 10.1 Å². The van der Waals surface area contributed by atoms with Crippen LogP contribution in [0.1, 0.15) is 17.8 Å². The lowest BCUT2D eigenvalue weighted by atomic mass is 10.2. The van der Waals surface area contributed by atoms with E-state index in [4.69, 9.17) is 0 Å². The Morgan fingerprint density at radius 2 is 2.00 bits per heavy atom. The van der Waals surface area contributed by atoms with Crippen molar-refractivity contribution in [2.24, 2.45) is 0 Å². The third kappa shape index (κ3) is 4.60. The molecule has 0 atom stereocenters. The van der Waals surface area contributed by atoms with Gasteiger partial charge in [-0.2, -0.15) is 0 Å². The zero-order valence-corrected chi connectivity index (χ0v) is 15.0. The minimum absolute atomic E-state index is 0.0117. The quantitative estimate of drug-likeness (QED) is 0.380. The molecule has 2 N–H and O–H groups in total. The van der Waals surface area contributed by atoms with E-state index in [1.165, 1.54) is 12.1 Å². The highest BCUT2D eigenvalue weighted by Gasteiger charge is 2.08. The molecule has 0 aliphatic heterocycles. The third-order valence-electron chi connectivity index (χ3n) is 4.26. The maximum Gasteiger partial charge on any atom is 0.315 e. The number of nitro benzene ring substituents is 1. The Hall–Kier alpha value is -3.42. The van der Waals surface area contributed by atoms with Crippen LogP contribution in [0.4, 0.5) is 10.5 Å². The van der Waals surface area contributed by atoms with Crippen molar-refractivity contribution in [3.8, 4) is 0 Å². The number of non-ortho nitro benzene ring substituents is 1. The van der Waals surface area contributed by atoms with Crippen molar-refractivity contribution in [3.05, 3.63) is 70.0 Å². The van der Waals surface area contributed by atoms with Crippen LogP contribution >= 0.6 is 0 Å². The maximum absolute atomic E-state index is 11.9. The van der Waals surface area contributed by atoms with E-state index < -0.39 is 4.92 Å². The van der Waals surface area contributed by atoms with Crippen LogP contribution in [0.5, 0.6) is 0 Å². The molecule has 3 rings (SSSR count). The number of aryl methyl sites for hydroxylation is 2. The van der Waals surface area contributed by atoms with Crippen LogP contribution in [-0.2, 0) is 13.1 Å². The Balaban J connectivity index is 1.44. The van der Waals surface area contributed by atoms with Crippen LogP contribution in [0.25, 0.3) is 11.0 Å². The van der Waals surface area contributed by atoms with Gasteiger partial charge in [-0.25, -0.2) is 9.78 Å². The van der Waals surface area contributed by atoms with Crippen molar-refractivity contribution in [1.29, 1.82) is 0 Å². The highest BCUT2D eigenvalue weighted by molar-refractivity contribution is 5.76. The molecule has 2 aromatic carbocycles. The van der Waals surface area contributed by atoms with E-state index in [1.54, 1.807) is 12.1 Å². The van der Waals surface area contributed by atoms with Crippen molar-refractivity contribution in [1.82, 2.24) is 20.2 Å². The number of rotatable bonds is 7. The number of nitro groups is 1. The number of nitrogens with zero attached hydrogens (tertiary/aromatic N) is 3. The summed E-state index contributed by atoms with van der Waals surface area (Å²) in [6.07, 6.45) is 0.769. The van der Waals surface area contributed by atoms with Gasteiger partial charge >= 0.3 is 6.03 Å². The second kappa shape index (κ2) is 8.31. The van der Waals surface area contributed by atoms with E-state index in [0.717, 1.165) is 29.8 Å². The summed E-state index contributed by atoms with van der Waals surface area (Å²) in [4.78, 5) is 26.7. The summed E-state index contributed by atoms with van der Waals surface area (Å²) in [6.45, 7) is 3.49. The van der Waals surface area contributed by atoms with Gasteiger partial charge in [-0.05, 0) is 31.0 Å². The molecule has 1 heterocycles.